The molecule has 0 spiro atoms. The Balaban J connectivity index is 3.20. The number of nitrogens with zero attached hydrogens (tertiary/aromatic N) is 1. The van der Waals surface area contributed by atoms with Crippen molar-refractivity contribution < 1.29 is 19.4 Å². The van der Waals surface area contributed by atoms with E-state index in [0.29, 0.717) is 6.07 Å². The summed E-state index contributed by atoms with van der Waals surface area (Å²) in [6.07, 6.45) is 0.868. The molecule has 11 heavy (non-hydrogen) atoms. The van der Waals surface area contributed by atoms with Gasteiger partial charge in [0.05, 0.1) is 6.20 Å². The van der Waals surface area contributed by atoms with Gasteiger partial charge in [-0.1, -0.05) is 0 Å². The monoisotopic (exact) mass is 157 g/mol. The van der Waals surface area contributed by atoms with E-state index in [9.17, 15) is 9.18 Å². The molecule has 58 valence electrons. The predicted octanol–water partition coefficient (Wildman–Crippen LogP) is 0.624. The van der Waals surface area contributed by atoms with E-state index >= 15 is 0 Å². The number of pyridine rings is 1. The Labute approximate surface area is 60.9 Å². The van der Waals surface area contributed by atoms with Gasteiger partial charge in [-0.3, -0.25) is 0 Å². The Hall–Kier alpha value is -1.65. The van der Waals surface area contributed by atoms with Crippen LogP contribution in [0.15, 0.2) is 12.3 Å². The third-order valence-electron chi connectivity index (χ3n) is 1.03. The largest absolute Gasteiger partial charge is 0.506 e. The lowest BCUT2D eigenvalue weighted by Gasteiger charge is -1.95. The van der Waals surface area contributed by atoms with E-state index in [4.69, 9.17) is 10.2 Å². The van der Waals surface area contributed by atoms with E-state index in [-0.39, 0.29) is 0 Å². The van der Waals surface area contributed by atoms with Gasteiger partial charge in [0.25, 0.3) is 0 Å². The molecule has 0 aliphatic heterocycles. The van der Waals surface area contributed by atoms with E-state index < -0.39 is 23.2 Å². The summed E-state index contributed by atoms with van der Waals surface area (Å²) in [7, 11) is 0. The van der Waals surface area contributed by atoms with Gasteiger partial charge in [-0.2, -0.15) is 0 Å². The molecule has 0 unspecified atom stereocenters. The van der Waals surface area contributed by atoms with E-state index in [1.54, 1.807) is 0 Å². The third kappa shape index (κ3) is 1.43. The first-order chi connectivity index (χ1) is 5.11. The van der Waals surface area contributed by atoms with Crippen molar-refractivity contribution in [2.24, 2.45) is 0 Å². The first-order valence-corrected chi connectivity index (χ1v) is 2.69. The molecule has 0 bridgehead atoms. The number of carboxylic acids is 1. The van der Waals surface area contributed by atoms with Crippen molar-refractivity contribution in [1.29, 1.82) is 0 Å². The molecule has 1 aromatic rings. The Morgan fingerprint density at radius 2 is 2.27 bits per heavy atom. The van der Waals surface area contributed by atoms with Crippen LogP contribution in [0.4, 0.5) is 4.39 Å². The lowest BCUT2D eigenvalue weighted by atomic mass is 10.3. The molecular weight excluding hydrogens is 153 g/mol. The summed E-state index contributed by atoms with van der Waals surface area (Å²) in [6.45, 7) is 0. The van der Waals surface area contributed by atoms with Gasteiger partial charge in [0.1, 0.15) is 5.75 Å². The Kier molecular flexibility index (Phi) is 1.72. The summed E-state index contributed by atoms with van der Waals surface area (Å²) < 4.78 is 12.5. The molecule has 0 amide bonds. The lowest BCUT2D eigenvalue weighted by Crippen LogP contribution is -2.02. The van der Waals surface area contributed by atoms with Crippen LogP contribution in [0.5, 0.6) is 5.75 Å². The molecular formula is C6H4FNO3. The zero-order valence-electron chi connectivity index (χ0n) is 5.28. The standard InChI is InChI=1S/C6H4FNO3/c7-4-1-3(9)2-8-5(4)6(10)11/h1-2,9H,(H,10,11). The molecule has 0 saturated heterocycles. The van der Waals surface area contributed by atoms with Gasteiger partial charge < -0.3 is 10.2 Å². The zero-order chi connectivity index (χ0) is 8.43. The van der Waals surface area contributed by atoms with Crippen molar-refractivity contribution in [3.8, 4) is 5.75 Å². The predicted molar refractivity (Wildman–Crippen MR) is 32.8 cm³/mol. The first kappa shape index (κ1) is 7.46. The molecule has 0 radical (unpaired) electrons. The molecule has 0 fully saturated rings. The summed E-state index contributed by atoms with van der Waals surface area (Å²) in [5.74, 6) is -2.90. The van der Waals surface area contributed by atoms with Gasteiger partial charge in [0.2, 0.25) is 0 Å². The molecule has 0 aliphatic rings. The molecule has 0 saturated carbocycles. The van der Waals surface area contributed by atoms with Crippen LogP contribution in [0.2, 0.25) is 0 Å². The minimum Gasteiger partial charge on any atom is -0.506 e. The van der Waals surface area contributed by atoms with E-state index in [2.05, 4.69) is 4.98 Å². The Morgan fingerprint density at radius 3 is 2.73 bits per heavy atom. The molecule has 1 aromatic heterocycles. The van der Waals surface area contributed by atoms with Gasteiger partial charge in [0, 0.05) is 6.07 Å². The highest BCUT2D eigenvalue weighted by Crippen LogP contribution is 2.11. The second-order valence-corrected chi connectivity index (χ2v) is 1.83. The van der Waals surface area contributed by atoms with Crippen molar-refractivity contribution in [2.45, 2.75) is 0 Å². The lowest BCUT2D eigenvalue weighted by molar-refractivity contribution is 0.0685. The Morgan fingerprint density at radius 1 is 1.64 bits per heavy atom. The van der Waals surface area contributed by atoms with Crippen LogP contribution in [0, 0.1) is 5.82 Å². The molecule has 0 aromatic carbocycles. The van der Waals surface area contributed by atoms with Crippen LogP contribution in [-0.4, -0.2) is 21.2 Å². The minimum absolute atomic E-state index is 0.396. The fourth-order valence-corrected chi connectivity index (χ4v) is 0.585. The van der Waals surface area contributed by atoms with E-state index in [0.717, 1.165) is 6.20 Å². The van der Waals surface area contributed by atoms with Gasteiger partial charge >= 0.3 is 5.97 Å². The van der Waals surface area contributed by atoms with Crippen molar-refractivity contribution in [1.82, 2.24) is 4.98 Å². The summed E-state index contributed by atoms with van der Waals surface area (Å²) in [5, 5.41) is 16.9. The number of rotatable bonds is 1. The van der Waals surface area contributed by atoms with Crippen LogP contribution in [0.3, 0.4) is 0 Å². The van der Waals surface area contributed by atoms with Gasteiger partial charge in [-0.05, 0) is 0 Å². The average Bonchev–Trinajstić information content (AvgIpc) is 1.85. The molecule has 1 rings (SSSR count). The highest BCUT2D eigenvalue weighted by molar-refractivity contribution is 5.85. The molecule has 1 heterocycles. The average molecular weight is 157 g/mol. The highest BCUT2D eigenvalue weighted by Gasteiger charge is 2.11. The second-order valence-electron chi connectivity index (χ2n) is 1.83. The van der Waals surface area contributed by atoms with Crippen molar-refractivity contribution >= 4 is 5.97 Å². The van der Waals surface area contributed by atoms with Crippen LogP contribution >= 0.6 is 0 Å². The third-order valence-corrected chi connectivity index (χ3v) is 1.03. The van der Waals surface area contributed by atoms with Gasteiger partial charge in [-0.25, -0.2) is 14.2 Å². The topological polar surface area (TPSA) is 70.4 Å². The fourth-order valence-electron chi connectivity index (χ4n) is 0.585. The first-order valence-electron chi connectivity index (χ1n) is 2.69. The maximum Gasteiger partial charge on any atom is 0.357 e. The van der Waals surface area contributed by atoms with Crippen LogP contribution in [0.1, 0.15) is 10.5 Å². The highest BCUT2D eigenvalue weighted by atomic mass is 19.1. The molecule has 5 heteroatoms. The van der Waals surface area contributed by atoms with Crippen molar-refractivity contribution in [3.63, 3.8) is 0 Å². The summed E-state index contributed by atoms with van der Waals surface area (Å²) in [5.41, 5.74) is -0.692. The number of carbonyl (C=O) groups is 1. The zero-order valence-corrected chi connectivity index (χ0v) is 5.28. The second kappa shape index (κ2) is 2.53. The maximum absolute atomic E-state index is 12.5. The number of hydrogen-bond acceptors (Lipinski definition) is 3. The van der Waals surface area contributed by atoms with Crippen molar-refractivity contribution in [3.05, 3.63) is 23.8 Å². The number of aromatic carboxylic acids is 1. The molecule has 0 aliphatic carbocycles. The van der Waals surface area contributed by atoms with Crippen LogP contribution in [0.25, 0.3) is 0 Å². The maximum atomic E-state index is 12.5. The number of hydrogen-bond donors (Lipinski definition) is 2. The quantitative estimate of drug-likeness (QED) is 0.627. The van der Waals surface area contributed by atoms with Gasteiger partial charge in [0.15, 0.2) is 11.5 Å². The number of carboxylic acid groups (broad SMARTS) is 1. The summed E-state index contributed by atoms with van der Waals surface area (Å²) in [4.78, 5) is 13.3. The fraction of sp³-hybridized carbons (Fsp3) is 0. The molecule has 0 atom stereocenters. The van der Waals surface area contributed by atoms with Crippen molar-refractivity contribution in [2.75, 3.05) is 0 Å². The molecule has 2 N–H and O–H groups in total. The Bertz CT molecular complexity index is 300. The number of halogens is 1. The summed E-state index contributed by atoms with van der Waals surface area (Å²) in [6, 6.07) is 0.691. The number of aromatic hydroxyl groups is 1. The van der Waals surface area contributed by atoms with Crippen LogP contribution < -0.4 is 0 Å². The number of aromatic nitrogens is 1. The molecule has 4 nitrogen and oxygen atoms in total. The van der Waals surface area contributed by atoms with E-state index in [1.165, 1.54) is 0 Å². The summed E-state index contributed by atoms with van der Waals surface area (Å²) >= 11 is 0. The smallest absolute Gasteiger partial charge is 0.357 e. The minimum atomic E-state index is -1.46. The normalized spacial score (nSPS) is 9.55. The van der Waals surface area contributed by atoms with Crippen LogP contribution in [-0.2, 0) is 0 Å². The SMILES string of the molecule is O=C(O)c1ncc(O)cc1F. The van der Waals surface area contributed by atoms with Gasteiger partial charge in [-0.15, -0.1) is 0 Å². The van der Waals surface area contributed by atoms with E-state index in [1.807, 2.05) is 0 Å².